The maximum Gasteiger partial charge on any atom is 0.310 e. The third kappa shape index (κ3) is 9.05. The number of hydrogen-bond acceptors (Lipinski definition) is 3. The molecule has 1 aliphatic rings. The number of rotatable bonds is 13. The highest BCUT2D eigenvalue weighted by Gasteiger charge is 2.37. The van der Waals surface area contributed by atoms with E-state index in [1.54, 1.807) is 0 Å². The lowest BCUT2D eigenvalue weighted by molar-refractivity contribution is -0.164. The predicted octanol–water partition coefficient (Wildman–Crippen LogP) is 5.98. The SMILES string of the molecule is CCCCCC(CCCCCC(C)C)OC(=O)C1CCCCC1C(=O)O. The van der Waals surface area contributed by atoms with E-state index in [0.717, 1.165) is 57.3 Å². The first-order chi connectivity index (χ1) is 12.5. The summed E-state index contributed by atoms with van der Waals surface area (Å²) in [5, 5.41) is 9.40. The summed E-state index contributed by atoms with van der Waals surface area (Å²) in [4.78, 5) is 24.1. The molecule has 1 fully saturated rings. The molecule has 1 aliphatic carbocycles. The number of carbonyl (C=O) groups is 2. The van der Waals surface area contributed by atoms with E-state index in [-0.39, 0.29) is 12.1 Å². The van der Waals surface area contributed by atoms with Gasteiger partial charge in [0, 0.05) is 0 Å². The van der Waals surface area contributed by atoms with Crippen LogP contribution < -0.4 is 0 Å². The monoisotopic (exact) mass is 368 g/mol. The van der Waals surface area contributed by atoms with E-state index in [4.69, 9.17) is 4.74 Å². The Morgan fingerprint density at radius 1 is 0.923 bits per heavy atom. The lowest BCUT2D eigenvalue weighted by Gasteiger charge is -2.28. The van der Waals surface area contributed by atoms with E-state index in [2.05, 4.69) is 20.8 Å². The van der Waals surface area contributed by atoms with E-state index in [1.807, 2.05) is 0 Å². The summed E-state index contributed by atoms with van der Waals surface area (Å²) in [5.74, 6) is -1.37. The molecule has 0 aromatic carbocycles. The first-order valence-electron chi connectivity index (χ1n) is 10.9. The zero-order chi connectivity index (χ0) is 19.4. The summed E-state index contributed by atoms with van der Waals surface area (Å²) in [5.41, 5.74) is 0. The van der Waals surface area contributed by atoms with Crippen LogP contribution in [0.2, 0.25) is 0 Å². The Morgan fingerprint density at radius 3 is 2.08 bits per heavy atom. The number of esters is 1. The van der Waals surface area contributed by atoms with Crippen LogP contribution in [0.1, 0.15) is 104 Å². The van der Waals surface area contributed by atoms with E-state index in [9.17, 15) is 14.7 Å². The van der Waals surface area contributed by atoms with Gasteiger partial charge in [-0.3, -0.25) is 9.59 Å². The number of carbonyl (C=O) groups excluding carboxylic acids is 1. The van der Waals surface area contributed by atoms with Crippen molar-refractivity contribution in [3.8, 4) is 0 Å². The molecule has 0 aromatic rings. The van der Waals surface area contributed by atoms with Crippen molar-refractivity contribution in [2.45, 2.75) is 110 Å². The minimum Gasteiger partial charge on any atom is -0.481 e. The molecular formula is C22H40O4. The van der Waals surface area contributed by atoms with Crippen molar-refractivity contribution in [1.82, 2.24) is 0 Å². The van der Waals surface area contributed by atoms with E-state index >= 15 is 0 Å². The fraction of sp³-hybridized carbons (Fsp3) is 0.909. The Balaban J connectivity index is 2.50. The minimum absolute atomic E-state index is 0.0375. The lowest BCUT2D eigenvalue weighted by atomic mass is 9.79. The molecule has 0 bridgehead atoms. The predicted molar refractivity (Wildman–Crippen MR) is 105 cm³/mol. The first-order valence-corrected chi connectivity index (χ1v) is 10.9. The standard InChI is InChI=1S/C22H40O4/c1-4-5-7-13-18(14-9-6-8-12-17(2)3)26-22(25)20-16-11-10-15-19(20)21(23)24/h17-20H,4-16H2,1-3H3,(H,23,24). The summed E-state index contributed by atoms with van der Waals surface area (Å²) >= 11 is 0. The van der Waals surface area contributed by atoms with Gasteiger partial charge in [-0.2, -0.15) is 0 Å². The summed E-state index contributed by atoms with van der Waals surface area (Å²) in [7, 11) is 0. The van der Waals surface area contributed by atoms with Crippen LogP contribution in [-0.4, -0.2) is 23.1 Å². The highest BCUT2D eigenvalue weighted by molar-refractivity contribution is 5.81. The van der Waals surface area contributed by atoms with Crippen molar-refractivity contribution in [2.24, 2.45) is 17.8 Å². The van der Waals surface area contributed by atoms with Crippen LogP contribution in [0.5, 0.6) is 0 Å². The molecule has 1 N–H and O–H groups in total. The molecule has 4 nitrogen and oxygen atoms in total. The second-order valence-electron chi connectivity index (χ2n) is 8.42. The van der Waals surface area contributed by atoms with Gasteiger partial charge in [0.25, 0.3) is 0 Å². The third-order valence-corrected chi connectivity index (χ3v) is 5.61. The molecule has 3 unspecified atom stereocenters. The van der Waals surface area contributed by atoms with Gasteiger partial charge in [0.15, 0.2) is 0 Å². The van der Waals surface area contributed by atoms with Crippen LogP contribution in [0.4, 0.5) is 0 Å². The number of hydrogen-bond donors (Lipinski definition) is 1. The molecule has 0 aliphatic heterocycles. The first kappa shape index (κ1) is 23.0. The van der Waals surface area contributed by atoms with Gasteiger partial charge in [0.05, 0.1) is 11.8 Å². The Labute approximate surface area is 160 Å². The van der Waals surface area contributed by atoms with Crippen LogP contribution in [0.15, 0.2) is 0 Å². The molecule has 1 saturated carbocycles. The topological polar surface area (TPSA) is 63.6 Å². The molecule has 0 spiro atoms. The van der Waals surface area contributed by atoms with Crippen LogP contribution in [-0.2, 0) is 14.3 Å². The van der Waals surface area contributed by atoms with Gasteiger partial charge in [-0.15, -0.1) is 0 Å². The van der Waals surface area contributed by atoms with Gasteiger partial charge in [-0.1, -0.05) is 65.7 Å². The molecule has 152 valence electrons. The van der Waals surface area contributed by atoms with Gasteiger partial charge >= 0.3 is 11.9 Å². The normalized spacial score (nSPS) is 21.5. The van der Waals surface area contributed by atoms with Crippen LogP contribution in [0.3, 0.4) is 0 Å². The summed E-state index contributed by atoms with van der Waals surface area (Å²) < 4.78 is 5.84. The van der Waals surface area contributed by atoms with Crippen LogP contribution >= 0.6 is 0 Å². The maximum absolute atomic E-state index is 12.6. The van der Waals surface area contributed by atoms with Crippen LogP contribution in [0, 0.1) is 17.8 Å². The molecule has 0 saturated heterocycles. The van der Waals surface area contributed by atoms with Crippen molar-refractivity contribution in [1.29, 1.82) is 0 Å². The Morgan fingerprint density at radius 2 is 1.50 bits per heavy atom. The number of unbranched alkanes of at least 4 members (excludes halogenated alkanes) is 4. The van der Waals surface area contributed by atoms with Gasteiger partial charge in [0.1, 0.15) is 6.10 Å². The van der Waals surface area contributed by atoms with Crippen molar-refractivity contribution >= 4 is 11.9 Å². The average Bonchev–Trinajstić information content (AvgIpc) is 2.61. The van der Waals surface area contributed by atoms with Gasteiger partial charge in [-0.05, 0) is 44.4 Å². The summed E-state index contributed by atoms with van der Waals surface area (Å²) in [6, 6.07) is 0. The maximum atomic E-state index is 12.6. The molecule has 26 heavy (non-hydrogen) atoms. The van der Waals surface area contributed by atoms with E-state index in [0.29, 0.717) is 12.8 Å². The molecule has 0 heterocycles. The zero-order valence-electron chi connectivity index (χ0n) is 17.2. The number of ether oxygens (including phenoxy) is 1. The van der Waals surface area contributed by atoms with Crippen molar-refractivity contribution in [2.75, 3.05) is 0 Å². The molecular weight excluding hydrogens is 328 g/mol. The van der Waals surface area contributed by atoms with E-state index < -0.39 is 17.8 Å². The fourth-order valence-electron chi connectivity index (χ4n) is 3.95. The fourth-order valence-corrected chi connectivity index (χ4v) is 3.95. The van der Waals surface area contributed by atoms with Crippen LogP contribution in [0.25, 0.3) is 0 Å². The molecule has 1 rings (SSSR count). The zero-order valence-corrected chi connectivity index (χ0v) is 17.2. The Bertz CT molecular complexity index is 405. The number of aliphatic carboxylic acids is 1. The van der Waals surface area contributed by atoms with E-state index in [1.165, 1.54) is 19.3 Å². The Hall–Kier alpha value is -1.06. The van der Waals surface area contributed by atoms with Crippen molar-refractivity contribution < 1.29 is 19.4 Å². The summed E-state index contributed by atoms with van der Waals surface area (Å²) in [6.07, 6.45) is 13.0. The summed E-state index contributed by atoms with van der Waals surface area (Å²) in [6.45, 7) is 6.67. The number of carboxylic acid groups (broad SMARTS) is 1. The van der Waals surface area contributed by atoms with Crippen molar-refractivity contribution in [3.05, 3.63) is 0 Å². The van der Waals surface area contributed by atoms with Gasteiger partial charge in [-0.25, -0.2) is 0 Å². The molecule has 0 aromatic heterocycles. The van der Waals surface area contributed by atoms with Gasteiger partial charge in [0.2, 0.25) is 0 Å². The molecule has 3 atom stereocenters. The largest absolute Gasteiger partial charge is 0.481 e. The van der Waals surface area contributed by atoms with Crippen molar-refractivity contribution in [3.63, 3.8) is 0 Å². The average molecular weight is 369 g/mol. The minimum atomic E-state index is -0.845. The molecule has 0 radical (unpaired) electrons. The highest BCUT2D eigenvalue weighted by atomic mass is 16.5. The lowest BCUT2D eigenvalue weighted by Crippen LogP contribution is -2.35. The second kappa shape index (κ2) is 13.2. The number of carboxylic acids is 1. The quantitative estimate of drug-likeness (QED) is 0.321. The molecule has 0 amide bonds. The second-order valence-corrected chi connectivity index (χ2v) is 8.42. The molecule has 4 heteroatoms. The highest BCUT2D eigenvalue weighted by Crippen LogP contribution is 2.32. The third-order valence-electron chi connectivity index (χ3n) is 5.61. The Kier molecular flexibility index (Phi) is 11.6. The smallest absolute Gasteiger partial charge is 0.310 e. The van der Waals surface area contributed by atoms with Gasteiger partial charge < -0.3 is 9.84 Å².